The molecule has 0 atom stereocenters. The van der Waals surface area contributed by atoms with Crippen molar-refractivity contribution in [1.29, 1.82) is 0 Å². The Labute approximate surface area is 177 Å². The van der Waals surface area contributed by atoms with Gasteiger partial charge in [0.1, 0.15) is 5.75 Å². The first-order chi connectivity index (χ1) is 14.0. The van der Waals surface area contributed by atoms with Gasteiger partial charge in [-0.3, -0.25) is 4.79 Å². The van der Waals surface area contributed by atoms with Gasteiger partial charge in [-0.25, -0.2) is 0 Å². The van der Waals surface area contributed by atoms with Crippen LogP contribution in [0.5, 0.6) is 5.75 Å². The van der Waals surface area contributed by atoms with Crippen LogP contribution in [0, 0.1) is 6.92 Å². The highest BCUT2D eigenvalue weighted by atomic mass is 79.9. The molecule has 1 fully saturated rings. The van der Waals surface area contributed by atoms with Crippen LogP contribution in [-0.4, -0.2) is 22.6 Å². The van der Waals surface area contributed by atoms with Crippen molar-refractivity contribution in [3.63, 3.8) is 0 Å². The molecule has 1 aliphatic carbocycles. The predicted molar refractivity (Wildman–Crippen MR) is 112 cm³/mol. The summed E-state index contributed by atoms with van der Waals surface area (Å²) in [7, 11) is 0. The van der Waals surface area contributed by atoms with Crippen molar-refractivity contribution < 1.29 is 14.1 Å². The molecule has 3 aromatic rings. The van der Waals surface area contributed by atoms with Crippen molar-refractivity contribution >= 4 is 21.8 Å². The first kappa shape index (κ1) is 19.6. The van der Waals surface area contributed by atoms with E-state index in [1.807, 2.05) is 6.07 Å². The first-order valence-electron chi connectivity index (χ1n) is 9.60. The van der Waals surface area contributed by atoms with E-state index in [9.17, 15) is 4.79 Å². The number of nitrogens with zero attached hydrogens (tertiary/aromatic N) is 2. The van der Waals surface area contributed by atoms with E-state index in [0.717, 1.165) is 17.3 Å². The second kappa shape index (κ2) is 8.37. The van der Waals surface area contributed by atoms with Crippen LogP contribution in [0.4, 0.5) is 0 Å². The second-order valence-electron chi connectivity index (χ2n) is 7.37. The molecule has 1 heterocycles. The summed E-state index contributed by atoms with van der Waals surface area (Å²) in [6.45, 7) is 2.59. The number of rotatable bonds is 7. The Morgan fingerprint density at radius 3 is 2.66 bits per heavy atom. The number of benzene rings is 2. The van der Waals surface area contributed by atoms with E-state index in [4.69, 9.17) is 9.26 Å². The molecule has 150 valence electrons. The molecule has 1 saturated carbocycles. The summed E-state index contributed by atoms with van der Waals surface area (Å²) >= 11 is 3.55. The number of carbonyl (C=O) groups excluding carboxylic acids is 1. The van der Waals surface area contributed by atoms with Crippen LogP contribution in [0.1, 0.15) is 46.9 Å². The molecular formula is C22H22BrN3O3. The third-order valence-electron chi connectivity index (χ3n) is 5.39. The number of aryl methyl sites for hydroxylation is 1. The predicted octanol–water partition coefficient (Wildman–Crippen LogP) is 4.57. The van der Waals surface area contributed by atoms with E-state index in [2.05, 4.69) is 49.6 Å². The lowest BCUT2D eigenvalue weighted by molar-refractivity contribution is 0.0928. The zero-order valence-corrected chi connectivity index (χ0v) is 17.7. The fourth-order valence-corrected chi connectivity index (χ4v) is 3.99. The standard InChI is InChI=1S/C22H22BrN3O3/c1-15-25-20(26-29-15)13-28-19-8-6-16(7-9-19)21(27)24-14-22(10-3-11-22)17-4-2-5-18(23)12-17/h2,4-9,12H,3,10-11,13-14H2,1H3,(H,24,27). The summed E-state index contributed by atoms with van der Waals surface area (Å²) in [6.07, 6.45) is 3.37. The number of aromatic nitrogens is 2. The number of halogens is 1. The van der Waals surface area contributed by atoms with Crippen LogP contribution in [-0.2, 0) is 12.0 Å². The lowest BCUT2D eigenvalue weighted by atomic mass is 9.64. The van der Waals surface area contributed by atoms with Crippen molar-refractivity contribution in [3.05, 3.63) is 75.8 Å². The van der Waals surface area contributed by atoms with Crippen molar-refractivity contribution in [2.45, 2.75) is 38.2 Å². The van der Waals surface area contributed by atoms with Crippen molar-refractivity contribution in [2.24, 2.45) is 0 Å². The molecule has 0 unspecified atom stereocenters. The zero-order chi connectivity index (χ0) is 20.3. The molecule has 7 heteroatoms. The van der Waals surface area contributed by atoms with Crippen molar-refractivity contribution in [1.82, 2.24) is 15.5 Å². The normalized spacial score (nSPS) is 14.8. The maximum absolute atomic E-state index is 12.6. The number of hydrogen-bond donors (Lipinski definition) is 1. The third kappa shape index (κ3) is 4.50. The van der Waals surface area contributed by atoms with Gasteiger partial charge < -0.3 is 14.6 Å². The number of carbonyl (C=O) groups is 1. The molecular weight excluding hydrogens is 434 g/mol. The van der Waals surface area contributed by atoms with Crippen LogP contribution in [0.3, 0.4) is 0 Å². The van der Waals surface area contributed by atoms with Gasteiger partial charge in [0.05, 0.1) is 0 Å². The fraction of sp³-hybridized carbons (Fsp3) is 0.318. The number of hydrogen-bond acceptors (Lipinski definition) is 5. The highest BCUT2D eigenvalue weighted by Crippen LogP contribution is 2.43. The summed E-state index contributed by atoms with van der Waals surface area (Å²) in [6, 6.07) is 15.5. The summed E-state index contributed by atoms with van der Waals surface area (Å²) < 4.78 is 11.6. The SMILES string of the molecule is Cc1nc(COc2ccc(C(=O)NCC3(c4cccc(Br)c4)CCC3)cc2)no1. The van der Waals surface area contributed by atoms with Gasteiger partial charge in [-0.05, 0) is 54.8 Å². The minimum Gasteiger partial charge on any atom is -0.485 e. The van der Waals surface area contributed by atoms with Crippen LogP contribution >= 0.6 is 15.9 Å². The summed E-state index contributed by atoms with van der Waals surface area (Å²) in [5.41, 5.74) is 1.92. The average Bonchev–Trinajstić information content (AvgIpc) is 3.11. The number of ether oxygens (including phenoxy) is 1. The lowest BCUT2D eigenvalue weighted by Gasteiger charge is -2.42. The minimum absolute atomic E-state index is 0.0330. The molecule has 4 rings (SSSR count). The van der Waals surface area contributed by atoms with Crippen LogP contribution in [0.2, 0.25) is 0 Å². The first-order valence-corrected chi connectivity index (χ1v) is 10.4. The van der Waals surface area contributed by atoms with Gasteiger partial charge in [0.25, 0.3) is 5.91 Å². The van der Waals surface area contributed by atoms with E-state index in [-0.39, 0.29) is 17.9 Å². The summed E-state index contributed by atoms with van der Waals surface area (Å²) in [5.74, 6) is 1.56. The van der Waals surface area contributed by atoms with Crippen molar-refractivity contribution in [2.75, 3.05) is 6.54 Å². The molecule has 1 N–H and O–H groups in total. The minimum atomic E-state index is -0.0772. The number of nitrogens with one attached hydrogen (secondary N) is 1. The largest absolute Gasteiger partial charge is 0.485 e. The Bertz CT molecular complexity index is 997. The van der Waals surface area contributed by atoms with Crippen LogP contribution < -0.4 is 10.1 Å². The maximum Gasteiger partial charge on any atom is 0.251 e. The van der Waals surface area contributed by atoms with E-state index < -0.39 is 0 Å². The zero-order valence-electron chi connectivity index (χ0n) is 16.2. The Balaban J connectivity index is 1.34. The molecule has 6 nitrogen and oxygen atoms in total. The van der Waals surface area contributed by atoms with Gasteiger partial charge in [-0.2, -0.15) is 4.98 Å². The Kier molecular flexibility index (Phi) is 5.67. The molecule has 1 aliphatic rings. The highest BCUT2D eigenvalue weighted by molar-refractivity contribution is 9.10. The summed E-state index contributed by atoms with van der Waals surface area (Å²) in [4.78, 5) is 16.7. The molecule has 0 radical (unpaired) electrons. The Hall–Kier alpha value is -2.67. The van der Waals surface area contributed by atoms with Gasteiger partial charge >= 0.3 is 0 Å². The third-order valence-corrected chi connectivity index (χ3v) is 5.88. The topological polar surface area (TPSA) is 77.2 Å². The maximum atomic E-state index is 12.6. The molecule has 1 aromatic heterocycles. The molecule has 0 aliphatic heterocycles. The molecule has 2 aromatic carbocycles. The summed E-state index contributed by atoms with van der Waals surface area (Å²) in [5, 5.41) is 6.90. The molecule has 0 bridgehead atoms. The monoisotopic (exact) mass is 455 g/mol. The van der Waals surface area contributed by atoms with Crippen molar-refractivity contribution in [3.8, 4) is 5.75 Å². The average molecular weight is 456 g/mol. The van der Waals surface area contributed by atoms with Crippen LogP contribution in [0.25, 0.3) is 0 Å². The fourth-order valence-electron chi connectivity index (χ4n) is 3.59. The Morgan fingerprint density at radius 1 is 1.24 bits per heavy atom. The van der Waals surface area contributed by atoms with E-state index in [1.54, 1.807) is 31.2 Å². The molecule has 1 amide bonds. The molecule has 29 heavy (non-hydrogen) atoms. The smallest absolute Gasteiger partial charge is 0.251 e. The van der Waals surface area contributed by atoms with E-state index >= 15 is 0 Å². The second-order valence-corrected chi connectivity index (χ2v) is 8.29. The highest BCUT2D eigenvalue weighted by Gasteiger charge is 2.38. The van der Waals surface area contributed by atoms with Gasteiger partial charge in [0, 0.05) is 28.9 Å². The Morgan fingerprint density at radius 2 is 2.03 bits per heavy atom. The quantitative estimate of drug-likeness (QED) is 0.564. The van der Waals surface area contributed by atoms with Gasteiger partial charge in [0.2, 0.25) is 11.7 Å². The van der Waals surface area contributed by atoms with Crippen LogP contribution in [0.15, 0.2) is 57.5 Å². The number of amides is 1. The van der Waals surface area contributed by atoms with E-state index in [0.29, 0.717) is 29.6 Å². The lowest BCUT2D eigenvalue weighted by Crippen LogP contribution is -2.45. The van der Waals surface area contributed by atoms with Gasteiger partial charge in [0.15, 0.2) is 6.61 Å². The van der Waals surface area contributed by atoms with Gasteiger partial charge in [-0.15, -0.1) is 0 Å². The molecule has 0 spiro atoms. The van der Waals surface area contributed by atoms with E-state index in [1.165, 1.54) is 12.0 Å². The van der Waals surface area contributed by atoms with Gasteiger partial charge in [-0.1, -0.05) is 39.6 Å². The molecule has 0 saturated heterocycles.